The van der Waals surface area contributed by atoms with Crippen molar-refractivity contribution in [3.63, 3.8) is 0 Å². The average Bonchev–Trinajstić information content (AvgIpc) is 2.58. The van der Waals surface area contributed by atoms with Crippen LogP contribution in [-0.2, 0) is 0 Å². The van der Waals surface area contributed by atoms with Gasteiger partial charge in [0, 0.05) is 17.3 Å². The number of amides is 1. The number of carbonyl (C=O) groups is 1. The van der Waals surface area contributed by atoms with Crippen LogP contribution in [0.5, 0.6) is 5.75 Å². The third-order valence-corrected chi connectivity index (χ3v) is 3.82. The Kier molecular flexibility index (Phi) is 6.85. The first kappa shape index (κ1) is 21.5. The molecule has 1 unspecified atom stereocenters. The molecular weight excluding hydrogens is 370 g/mol. The van der Waals surface area contributed by atoms with E-state index in [4.69, 9.17) is 15.6 Å². The number of hydrogen-bond donors (Lipinski definition) is 3. The third-order valence-electron chi connectivity index (χ3n) is 3.82. The van der Waals surface area contributed by atoms with Gasteiger partial charge in [0.25, 0.3) is 6.43 Å². The quantitative estimate of drug-likeness (QED) is 0.615. The Hall–Kier alpha value is -2.81. The second kappa shape index (κ2) is 8.92. The monoisotopic (exact) mass is 394 g/mol. The average molecular weight is 394 g/mol. The lowest BCUT2D eigenvalue weighted by atomic mass is 9.93. The lowest BCUT2D eigenvalue weighted by Gasteiger charge is -2.27. The first-order chi connectivity index (χ1) is 13.1. The van der Waals surface area contributed by atoms with E-state index < -0.39 is 23.8 Å². The number of nitrogens with one attached hydrogen (secondary N) is 1. The van der Waals surface area contributed by atoms with Gasteiger partial charge >= 0.3 is 6.09 Å². The van der Waals surface area contributed by atoms with E-state index in [0.29, 0.717) is 17.9 Å². The number of ether oxygens (including phenoxy) is 1. The molecule has 0 aliphatic carbocycles. The molecular formula is C19H24F2N4O3. The van der Waals surface area contributed by atoms with Crippen molar-refractivity contribution in [1.29, 1.82) is 0 Å². The molecule has 7 nitrogen and oxygen atoms in total. The molecule has 0 bridgehead atoms. The molecule has 0 aliphatic rings. The van der Waals surface area contributed by atoms with E-state index in [0.717, 1.165) is 0 Å². The van der Waals surface area contributed by atoms with Gasteiger partial charge in [0.1, 0.15) is 23.9 Å². The van der Waals surface area contributed by atoms with Crippen LogP contribution in [0.3, 0.4) is 0 Å². The normalized spacial score (nSPS) is 13.4. The van der Waals surface area contributed by atoms with Gasteiger partial charge < -0.3 is 15.6 Å². The van der Waals surface area contributed by atoms with Gasteiger partial charge in [0.15, 0.2) is 0 Å². The van der Waals surface area contributed by atoms with Crippen molar-refractivity contribution in [1.82, 2.24) is 9.97 Å². The number of carboxylic acid groups (broad SMARTS) is 1. The van der Waals surface area contributed by atoms with Crippen molar-refractivity contribution in [2.24, 2.45) is 11.7 Å². The fraction of sp³-hybridized carbons (Fsp3) is 0.421. The number of halogens is 2. The van der Waals surface area contributed by atoms with Gasteiger partial charge in [-0.1, -0.05) is 13.8 Å². The fourth-order valence-corrected chi connectivity index (χ4v) is 2.90. The molecule has 0 aliphatic heterocycles. The zero-order chi connectivity index (χ0) is 20.9. The van der Waals surface area contributed by atoms with Crippen LogP contribution in [0.25, 0.3) is 11.3 Å². The van der Waals surface area contributed by atoms with E-state index in [1.165, 1.54) is 24.4 Å². The van der Waals surface area contributed by atoms with Gasteiger partial charge in [-0.25, -0.2) is 23.5 Å². The van der Waals surface area contributed by atoms with Crippen LogP contribution in [-0.4, -0.2) is 33.3 Å². The molecule has 0 fully saturated rings. The Bertz CT molecular complexity index is 829. The predicted octanol–water partition coefficient (Wildman–Crippen LogP) is 4.31. The number of rotatable bonds is 8. The van der Waals surface area contributed by atoms with E-state index in [1.807, 2.05) is 20.8 Å². The highest BCUT2D eigenvalue weighted by Gasteiger charge is 2.24. The highest BCUT2D eigenvalue weighted by atomic mass is 19.3. The molecule has 0 saturated carbocycles. The maximum Gasteiger partial charge on any atom is 0.410 e. The minimum Gasteiger partial charge on any atom is -0.490 e. The largest absolute Gasteiger partial charge is 0.490 e. The number of pyridine rings is 2. The van der Waals surface area contributed by atoms with Gasteiger partial charge in [-0.3, -0.25) is 5.32 Å². The van der Waals surface area contributed by atoms with Crippen molar-refractivity contribution in [2.75, 3.05) is 11.9 Å². The van der Waals surface area contributed by atoms with Crippen molar-refractivity contribution in [3.05, 3.63) is 36.2 Å². The summed E-state index contributed by atoms with van der Waals surface area (Å²) in [6.07, 6.45) is -2.08. The first-order valence-corrected chi connectivity index (χ1v) is 8.74. The molecule has 2 rings (SSSR count). The molecule has 2 aromatic heterocycles. The highest BCUT2D eigenvalue weighted by Crippen LogP contribution is 2.31. The number of anilines is 1. The molecule has 9 heteroatoms. The summed E-state index contributed by atoms with van der Waals surface area (Å²) in [6.45, 7) is 5.93. The maximum absolute atomic E-state index is 13.5. The summed E-state index contributed by atoms with van der Waals surface area (Å²) in [4.78, 5) is 18.6. The molecule has 2 aromatic rings. The minimum atomic E-state index is -2.84. The van der Waals surface area contributed by atoms with Gasteiger partial charge in [0.2, 0.25) is 0 Å². The zero-order valence-electron chi connectivity index (χ0n) is 15.9. The summed E-state index contributed by atoms with van der Waals surface area (Å²) in [5.74, 6) is 0.379. The van der Waals surface area contributed by atoms with Crippen LogP contribution in [0.1, 0.15) is 39.3 Å². The van der Waals surface area contributed by atoms with Crippen molar-refractivity contribution in [2.45, 2.75) is 39.2 Å². The Labute approximate surface area is 162 Å². The van der Waals surface area contributed by atoms with Gasteiger partial charge in [0.05, 0.1) is 5.69 Å². The van der Waals surface area contributed by atoms with Gasteiger partial charge in [-0.2, -0.15) is 0 Å². The second-order valence-corrected chi connectivity index (χ2v) is 7.28. The summed E-state index contributed by atoms with van der Waals surface area (Å²) in [5, 5.41) is 10.9. The molecule has 4 N–H and O–H groups in total. The van der Waals surface area contributed by atoms with Crippen molar-refractivity contribution < 1.29 is 23.4 Å². The first-order valence-electron chi connectivity index (χ1n) is 8.74. The molecule has 0 spiro atoms. The van der Waals surface area contributed by atoms with Gasteiger partial charge in [-0.15, -0.1) is 0 Å². The molecule has 2 heterocycles. The molecule has 1 amide bonds. The van der Waals surface area contributed by atoms with Crippen molar-refractivity contribution >= 4 is 11.9 Å². The summed E-state index contributed by atoms with van der Waals surface area (Å²) >= 11 is 0. The number of alkyl halides is 2. The van der Waals surface area contributed by atoms with Crippen LogP contribution >= 0.6 is 0 Å². The fourth-order valence-electron chi connectivity index (χ4n) is 2.90. The Morgan fingerprint density at radius 3 is 2.68 bits per heavy atom. The summed E-state index contributed by atoms with van der Waals surface area (Å²) in [6, 6.07) is 5.90. The topological polar surface area (TPSA) is 110 Å². The number of hydrogen-bond acceptors (Lipinski definition) is 5. The Morgan fingerprint density at radius 2 is 2.07 bits per heavy atom. The van der Waals surface area contributed by atoms with Crippen LogP contribution in [0.4, 0.5) is 19.4 Å². The molecule has 28 heavy (non-hydrogen) atoms. The van der Waals surface area contributed by atoms with Crippen LogP contribution < -0.4 is 15.8 Å². The Balaban J connectivity index is 2.27. The minimum absolute atomic E-state index is 0.0304. The zero-order valence-corrected chi connectivity index (χ0v) is 15.9. The number of nitrogens with zero attached hydrogens (tertiary/aromatic N) is 2. The van der Waals surface area contributed by atoms with E-state index in [9.17, 15) is 13.6 Å². The lowest BCUT2D eigenvalue weighted by molar-refractivity contribution is 0.134. The summed E-state index contributed by atoms with van der Waals surface area (Å²) < 4.78 is 32.6. The summed E-state index contributed by atoms with van der Waals surface area (Å²) in [7, 11) is 0. The maximum atomic E-state index is 13.5. The SMILES string of the molecule is CC(C)CC(C)(N)COc1ccc(-c2ccnc(NC(=O)O)c2)nc1C(F)F. The second-order valence-electron chi connectivity index (χ2n) is 7.28. The van der Waals surface area contributed by atoms with Crippen molar-refractivity contribution in [3.8, 4) is 17.0 Å². The standard InChI is InChI=1S/C19H24F2N4O3/c1-11(2)9-19(3,22)10-28-14-5-4-13(24-16(14)17(20)21)12-6-7-23-15(8-12)25-18(26)27/h4-8,11,17H,9-10,22H2,1-3H3,(H,23,25)(H,26,27). The molecule has 0 aromatic carbocycles. The van der Waals surface area contributed by atoms with E-state index in [2.05, 4.69) is 15.3 Å². The Morgan fingerprint density at radius 1 is 1.36 bits per heavy atom. The predicted molar refractivity (Wildman–Crippen MR) is 102 cm³/mol. The molecule has 1 atom stereocenters. The number of aromatic nitrogens is 2. The molecule has 0 saturated heterocycles. The van der Waals surface area contributed by atoms with Crippen LogP contribution in [0.2, 0.25) is 0 Å². The van der Waals surface area contributed by atoms with Crippen LogP contribution in [0.15, 0.2) is 30.5 Å². The number of nitrogens with two attached hydrogens (primary N) is 1. The van der Waals surface area contributed by atoms with E-state index in [1.54, 1.807) is 6.07 Å². The lowest BCUT2D eigenvalue weighted by Crippen LogP contribution is -2.43. The molecule has 0 radical (unpaired) electrons. The molecule has 152 valence electrons. The smallest absolute Gasteiger partial charge is 0.410 e. The summed E-state index contributed by atoms with van der Waals surface area (Å²) in [5.41, 5.74) is 5.71. The van der Waals surface area contributed by atoms with Crippen LogP contribution in [0, 0.1) is 5.92 Å². The van der Waals surface area contributed by atoms with E-state index >= 15 is 0 Å². The van der Waals surface area contributed by atoms with Gasteiger partial charge in [-0.05, 0) is 43.5 Å². The van der Waals surface area contributed by atoms with E-state index in [-0.39, 0.29) is 23.9 Å². The third kappa shape index (κ3) is 6.12. The highest BCUT2D eigenvalue weighted by molar-refractivity contribution is 5.82.